The zero-order chi connectivity index (χ0) is 18.9. The molecule has 0 heterocycles. The van der Waals surface area contributed by atoms with Crippen LogP contribution in [0, 0.1) is 10.1 Å². The van der Waals surface area contributed by atoms with Crippen LogP contribution < -0.4 is 5.32 Å². The van der Waals surface area contributed by atoms with Crippen LogP contribution in [-0.2, 0) is 10.1 Å². The summed E-state index contributed by atoms with van der Waals surface area (Å²) in [5.74, 6) is 0. The molecule has 0 aliphatic rings. The van der Waals surface area contributed by atoms with Crippen molar-refractivity contribution in [3.8, 4) is 0 Å². The molecule has 2 rings (SSSR count). The molecule has 0 aromatic heterocycles. The Morgan fingerprint density at radius 1 is 1.16 bits per heavy atom. The van der Waals surface area contributed by atoms with E-state index in [0.717, 1.165) is 11.8 Å². The van der Waals surface area contributed by atoms with Gasteiger partial charge in [0.1, 0.15) is 5.25 Å². The van der Waals surface area contributed by atoms with E-state index in [1.54, 1.807) is 0 Å². The van der Waals surface area contributed by atoms with Crippen molar-refractivity contribution in [3.63, 3.8) is 0 Å². The van der Waals surface area contributed by atoms with Crippen LogP contribution in [0.2, 0.25) is 0 Å². The van der Waals surface area contributed by atoms with E-state index in [4.69, 9.17) is 9.66 Å². The van der Waals surface area contributed by atoms with Gasteiger partial charge < -0.3 is 10.4 Å². The minimum Gasteiger partial charge on any atom is -0.395 e. The quantitative estimate of drug-likeness (QED) is 0.406. The van der Waals surface area contributed by atoms with Crippen molar-refractivity contribution < 1.29 is 23.0 Å². The third kappa shape index (κ3) is 7.29. The van der Waals surface area contributed by atoms with Gasteiger partial charge in [0.05, 0.1) is 11.5 Å². The van der Waals surface area contributed by atoms with Crippen LogP contribution in [0.3, 0.4) is 0 Å². The maximum atomic E-state index is 10.8. The van der Waals surface area contributed by atoms with Gasteiger partial charge in [-0.25, -0.2) is 0 Å². The van der Waals surface area contributed by atoms with Crippen molar-refractivity contribution in [1.29, 1.82) is 0 Å². The highest BCUT2D eigenvalue weighted by Crippen LogP contribution is 2.24. The van der Waals surface area contributed by atoms with Gasteiger partial charge in [-0.15, -0.1) is 0 Å². The Kier molecular flexibility index (Phi) is 7.99. The maximum absolute atomic E-state index is 10.8. The van der Waals surface area contributed by atoms with E-state index >= 15 is 0 Å². The summed E-state index contributed by atoms with van der Waals surface area (Å²) in [7, 11) is -4.22. The molecule has 25 heavy (non-hydrogen) atoms. The third-order valence-electron chi connectivity index (χ3n) is 3.21. The Balaban J connectivity index is 0.000000271. The number of hydrogen-bond acceptors (Lipinski definition) is 6. The molecule has 0 amide bonds. The van der Waals surface area contributed by atoms with Crippen molar-refractivity contribution in [3.05, 3.63) is 70.3 Å². The molecule has 2 aromatic carbocycles. The standard InChI is InChI=1S/C8H9NO5S.C8H11NO/c1-6(15(12,13)14)7-3-2-4-8(5-7)9(10)11;10-7-6-9-8-4-2-1-3-5-8/h2-6H,1H3,(H,12,13,14);1-5,9-10H,6-7H2. The Morgan fingerprint density at radius 2 is 1.80 bits per heavy atom. The summed E-state index contributed by atoms with van der Waals surface area (Å²) >= 11 is 0. The van der Waals surface area contributed by atoms with Gasteiger partial charge in [-0.2, -0.15) is 8.42 Å². The molecule has 9 heteroatoms. The molecule has 0 aliphatic heterocycles. The third-order valence-corrected chi connectivity index (χ3v) is 4.38. The summed E-state index contributed by atoms with van der Waals surface area (Å²) in [5.41, 5.74) is 1.03. The number of para-hydroxylation sites is 1. The molecule has 0 fully saturated rings. The topological polar surface area (TPSA) is 130 Å². The number of hydrogen-bond donors (Lipinski definition) is 3. The van der Waals surface area contributed by atoms with Crippen LogP contribution in [0.5, 0.6) is 0 Å². The van der Waals surface area contributed by atoms with Gasteiger partial charge in [-0.1, -0.05) is 30.3 Å². The molecule has 0 aliphatic carbocycles. The fourth-order valence-electron chi connectivity index (χ4n) is 1.82. The van der Waals surface area contributed by atoms with Crippen LogP contribution in [0.1, 0.15) is 17.7 Å². The van der Waals surface area contributed by atoms with Gasteiger partial charge in [-0.3, -0.25) is 14.7 Å². The number of aliphatic hydroxyl groups is 1. The molecular weight excluding hydrogens is 348 g/mol. The van der Waals surface area contributed by atoms with E-state index in [-0.39, 0.29) is 17.9 Å². The first kappa shape index (κ1) is 20.6. The smallest absolute Gasteiger partial charge is 0.271 e. The fourth-order valence-corrected chi connectivity index (χ4v) is 2.31. The normalized spacial score (nSPS) is 11.8. The van der Waals surface area contributed by atoms with Gasteiger partial charge >= 0.3 is 0 Å². The molecule has 0 bridgehead atoms. The number of nitro benzene ring substituents is 1. The molecule has 0 radical (unpaired) electrons. The Bertz CT molecular complexity index is 780. The zero-order valence-corrected chi connectivity index (χ0v) is 14.4. The maximum Gasteiger partial charge on any atom is 0.271 e. The summed E-state index contributed by atoms with van der Waals surface area (Å²) in [6, 6.07) is 15.0. The average molecular weight is 368 g/mol. The SMILES string of the molecule is CC(c1cccc([N+](=O)[O-])c1)S(=O)(=O)O.OCCNc1ccccc1. The highest BCUT2D eigenvalue weighted by atomic mass is 32.2. The molecule has 0 saturated carbocycles. The predicted molar refractivity (Wildman–Crippen MR) is 95.1 cm³/mol. The lowest BCUT2D eigenvalue weighted by molar-refractivity contribution is -0.384. The Morgan fingerprint density at radius 3 is 2.32 bits per heavy atom. The number of anilines is 1. The highest BCUT2D eigenvalue weighted by molar-refractivity contribution is 7.86. The second-order valence-corrected chi connectivity index (χ2v) is 6.76. The minimum atomic E-state index is -4.22. The summed E-state index contributed by atoms with van der Waals surface area (Å²) < 4.78 is 30.4. The number of nitrogens with zero attached hydrogens (tertiary/aromatic N) is 1. The van der Waals surface area contributed by atoms with Crippen molar-refractivity contribution in [1.82, 2.24) is 0 Å². The molecule has 8 nitrogen and oxygen atoms in total. The lowest BCUT2D eigenvalue weighted by atomic mass is 10.1. The van der Waals surface area contributed by atoms with E-state index in [0.29, 0.717) is 6.54 Å². The number of aliphatic hydroxyl groups excluding tert-OH is 1. The van der Waals surface area contributed by atoms with E-state index in [1.165, 1.54) is 25.1 Å². The lowest BCUT2D eigenvalue weighted by Gasteiger charge is -2.07. The fraction of sp³-hybridized carbons (Fsp3) is 0.250. The summed E-state index contributed by atoms with van der Waals surface area (Å²) in [6.45, 7) is 2.05. The number of nitrogens with one attached hydrogen (secondary N) is 1. The lowest BCUT2D eigenvalue weighted by Crippen LogP contribution is -2.08. The van der Waals surface area contributed by atoms with E-state index in [9.17, 15) is 18.5 Å². The van der Waals surface area contributed by atoms with Crippen molar-refractivity contribution in [2.24, 2.45) is 0 Å². The molecule has 3 N–H and O–H groups in total. The van der Waals surface area contributed by atoms with Gasteiger partial charge in [0.15, 0.2) is 0 Å². The van der Waals surface area contributed by atoms with E-state index in [1.807, 2.05) is 30.3 Å². The monoisotopic (exact) mass is 368 g/mol. The number of rotatable bonds is 6. The average Bonchev–Trinajstić information content (AvgIpc) is 2.60. The van der Waals surface area contributed by atoms with Crippen LogP contribution in [-0.4, -0.2) is 36.2 Å². The highest BCUT2D eigenvalue weighted by Gasteiger charge is 2.21. The second-order valence-electron chi connectivity index (χ2n) is 5.03. The summed E-state index contributed by atoms with van der Waals surface area (Å²) in [4.78, 5) is 9.79. The largest absolute Gasteiger partial charge is 0.395 e. The number of benzene rings is 2. The second kappa shape index (κ2) is 9.72. The van der Waals surface area contributed by atoms with Crippen molar-refractivity contribution in [2.45, 2.75) is 12.2 Å². The van der Waals surface area contributed by atoms with Crippen LogP contribution >= 0.6 is 0 Å². The van der Waals surface area contributed by atoms with Gasteiger partial charge in [-0.05, 0) is 24.6 Å². The zero-order valence-electron chi connectivity index (χ0n) is 13.6. The van der Waals surface area contributed by atoms with Crippen LogP contribution in [0.15, 0.2) is 54.6 Å². The van der Waals surface area contributed by atoms with Crippen LogP contribution in [0.25, 0.3) is 0 Å². The molecule has 2 aromatic rings. The summed E-state index contributed by atoms with van der Waals surface area (Å²) in [5, 5.41) is 20.8. The molecular formula is C16H20N2O6S. The summed E-state index contributed by atoms with van der Waals surface area (Å²) in [6.07, 6.45) is 0. The minimum absolute atomic E-state index is 0.175. The molecule has 0 spiro atoms. The Labute approximate surface area is 146 Å². The number of nitro groups is 1. The Hall–Kier alpha value is -2.49. The molecule has 0 saturated heterocycles. The van der Waals surface area contributed by atoms with Crippen LogP contribution in [0.4, 0.5) is 11.4 Å². The van der Waals surface area contributed by atoms with Gasteiger partial charge in [0.2, 0.25) is 0 Å². The molecule has 136 valence electrons. The number of non-ortho nitro benzene ring substituents is 1. The molecule has 1 atom stereocenters. The van der Waals surface area contributed by atoms with Crippen molar-refractivity contribution in [2.75, 3.05) is 18.5 Å². The van der Waals surface area contributed by atoms with Gasteiger partial charge in [0.25, 0.3) is 15.8 Å². The molecule has 1 unspecified atom stereocenters. The van der Waals surface area contributed by atoms with E-state index < -0.39 is 20.3 Å². The first-order valence-electron chi connectivity index (χ1n) is 7.36. The predicted octanol–water partition coefficient (Wildman–Crippen LogP) is 2.63. The first-order valence-corrected chi connectivity index (χ1v) is 8.86. The van der Waals surface area contributed by atoms with E-state index in [2.05, 4.69) is 5.32 Å². The first-order chi connectivity index (χ1) is 11.8. The van der Waals surface area contributed by atoms with Crippen molar-refractivity contribution >= 4 is 21.5 Å². The van der Waals surface area contributed by atoms with Gasteiger partial charge in [0, 0.05) is 24.4 Å².